The van der Waals surface area contributed by atoms with Gasteiger partial charge in [0.25, 0.3) is 0 Å². The first kappa shape index (κ1) is 15.4. The fourth-order valence-corrected chi connectivity index (χ4v) is 2.69. The zero-order valence-corrected chi connectivity index (χ0v) is 11.2. The fourth-order valence-electron chi connectivity index (χ4n) is 2.69. The van der Waals surface area contributed by atoms with Gasteiger partial charge in [0.05, 0.1) is 0 Å². The van der Waals surface area contributed by atoms with Crippen molar-refractivity contribution in [3.05, 3.63) is 0 Å². The van der Waals surface area contributed by atoms with Gasteiger partial charge in [-0.15, -0.1) is 0 Å². The number of ether oxygens (including phenoxy) is 1. The number of aliphatic hydroxyl groups excluding tert-OH is 1. The molecule has 1 fully saturated rings. The SMILES string of the molecule is CC(=O)O[C@@H](CN)[C@H](O)[C@@H](N)CC1CCCCC1. The second-order valence-corrected chi connectivity index (χ2v) is 5.28. The molecule has 1 saturated carbocycles. The van der Waals surface area contributed by atoms with Gasteiger partial charge in [-0.05, 0) is 12.3 Å². The summed E-state index contributed by atoms with van der Waals surface area (Å²) in [6.45, 7) is 1.40. The normalized spacial score (nSPS) is 22.2. The Hall–Kier alpha value is -0.650. The molecule has 0 heterocycles. The zero-order valence-electron chi connectivity index (χ0n) is 11.2. The highest BCUT2D eigenvalue weighted by Crippen LogP contribution is 2.27. The van der Waals surface area contributed by atoms with Crippen molar-refractivity contribution >= 4 is 5.97 Å². The number of aliphatic hydroxyl groups is 1. The van der Waals surface area contributed by atoms with Crippen molar-refractivity contribution in [1.82, 2.24) is 0 Å². The van der Waals surface area contributed by atoms with Crippen LogP contribution in [0.2, 0.25) is 0 Å². The van der Waals surface area contributed by atoms with E-state index in [9.17, 15) is 9.90 Å². The Morgan fingerprint density at radius 2 is 2.00 bits per heavy atom. The lowest BCUT2D eigenvalue weighted by atomic mass is 9.83. The maximum atomic E-state index is 10.9. The van der Waals surface area contributed by atoms with Crippen LogP contribution in [0.5, 0.6) is 0 Å². The average molecular weight is 258 g/mol. The van der Waals surface area contributed by atoms with Gasteiger partial charge in [0.2, 0.25) is 0 Å². The van der Waals surface area contributed by atoms with Gasteiger partial charge in [0.15, 0.2) is 0 Å². The van der Waals surface area contributed by atoms with E-state index in [4.69, 9.17) is 16.2 Å². The highest BCUT2D eigenvalue weighted by atomic mass is 16.6. The number of hydrogen-bond acceptors (Lipinski definition) is 5. The second-order valence-electron chi connectivity index (χ2n) is 5.28. The van der Waals surface area contributed by atoms with Crippen LogP contribution in [0.4, 0.5) is 0 Å². The average Bonchev–Trinajstić information content (AvgIpc) is 2.36. The van der Waals surface area contributed by atoms with Gasteiger partial charge < -0.3 is 21.3 Å². The first-order valence-corrected chi connectivity index (χ1v) is 6.85. The van der Waals surface area contributed by atoms with Crippen molar-refractivity contribution in [2.75, 3.05) is 6.54 Å². The first-order chi connectivity index (χ1) is 8.54. The van der Waals surface area contributed by atoms with Gasteiger partial charge in [-0.1, -0.05) is 32.1 Å². The van der Waals surface area contributed by atoms with E-state index in [0.717, 1.165) is 6.42 Å². The summed E-state index contributed by atoms with van der Waals surface area (Å²) >= 11 is 0. The summed E-state index contributed by atoms with van der Waals surface area (Å²) < 4.78 is 4.98. The highest BCUT2D eigenvalue weighted by molar-refractivity contribution is 5.66. The number of esters is 1. The first-order valence-electron chi connectivity index (χ1n) is 6.85. The Morgan fingerprint density at radius 1 is 1.39 bits per heavy atom. The standard InChI is InChI=1S/C13H26N2O3/c1-9(16)18-12(8-14)13(17)11(15)7-10-5-3-2-4-6-10/h10-13,17H,2-8,14-15H2,1H3/t11-,12-,13+/m0/s1. The van der Waals surface area contributed by atoms with Crippen molar-refractivity contribution in [2.24, 2.45) is 17.4 Å². The molecular formula is C13H26N2O3. The largest absolute Gasteiger partial charge is 0.458 e. The van der Waals surface area contributed by atoms with E-state index in [1.54, 1.807) is 0 Å². The van der Waals surface area contributed by atoms with E-state index < -0.39 is 18.2 Å². The van der Waals surface area contributed by atoms with Crippen molar-refractivity contribution in [3.8, 4) is 0 Å². The van der Waals surface area contributed by atoms with Crippen LogP contribution in [0.1, 0.15) is 45.4 Å². The third-order valence-electron chi connectivity index (χ3n) is 3.70. The number of carbonyl (C=O) groups is 1. The van der Waals surface area contributed by atoms with E-state index in [1.807, 2.05) is 0 Å². The van der Waals surface area contributed by atoms with Crippen LogP contribution in [-0.4, -0.2) is 35.9 Å². The molecule has 0 aliphatic heterocycles. The molecule has 0 radical (unpaired) electrons. The zero-order chi connectivity index (χ0) is 13.5. The summed E-state index contributed by atoms with van der Waals surface area (Å²) in [6, 6.07) is -0.374. The summed E-state index contributed by atoms with van der Waals surface area (Å²) in [5, 5.41) is 10.1. The molecule has 18 heavy (non-hydrogen) atoms. The molecule has 5 heteroatoms. The van der Waals surface area contributed by atoms with Crippen molar-refractivity contribution in [1.29, 1.82) is 0 Å². The molecule has 1 aliphatic carbocycles. The molecule has 1 rings (SSSR count). The van der Waals surface area contributed by atoms with Crippen LogP contribution in [0.25, 0.3) is 0 Å². The summed E-state index contributed by atoms with van der Waals surface area (Å²) in [5.41, 5.74) is 11.5. The molecule has 106 valence electrons. The van der Waals surface area contributed by atoms with Gasteiger partial charge in [0, 0.05) is 19.5 Å². The maximum absolute atomic E-state index is 10.9. The van der Waals surface area contributed by atoms with Crippen LogP contribution in [-0.2, 0) is 9.53 Å². The van der Waals surface area contributed by atoms with Gasteiger partial charge in [-0.25, -0.2) is 0 Å². The molecule has 5 N–H and O–H groups in total. The Morgan fingerprint density at radius 3 is 2.50 bits per heavy atom. The van der Waals surface area contributed by atoms with Gasteiger partial charge in [0.1, 0.15) is 12.2 Å². The van der Waals surface area contributed by atoms with Crippen molar-refractivity contribution < 1.29 is 14.6 Å². The van der Waals surface area contributed by atoms with E-state index in [1.165, 1.54) is 39.0 Å². The topological polar surface area (TPSA) is 98.6 Å². The van der Waals surface area contributed by atoms with Gasteiger partial charge in [-0.3, -0.25) is 4.79 Å². The lowest BCUT2D eigenvalue weighted by Crippen LogP contribution is -2.48. The molecule has 0 bridgehead atoms. The maximum Gasteiger partial charge on any atom is 0.303 e. The number of nitrogens with two attached hydrogens (primary N) is 2. The Labute approximate surface area is 109 Å². The predicted molar refractivity (Wildman–Crippen MR) is 69.8 cm³/mol. The number of carbonyl (C=O) groups excluding carboxylic acids is 1. The summed E-state index contributed by atoms with van der Waals surface area (Å²) in [5.74, 6) is 0.147. The highest BCUT2D eigenvalue weighted by Gasteiger charge is 2.29. The lowest BCUT2D eigenvalue weighted by molar-refractivity contribution is -0.152. The van der Waals surface area contributed by atoms with Crippen LogP contribution in [0, 0.1) is 5.92 Å². The minimum absolute atomic E-state index is 0.0963. The van der Waals surface area contributed by atoms with Crippen LogP contribution >= 0.6 is 0 Å². The van der Waals surface area contributed by atoms with Crippen molar-refractivity contribution in [2.45, 2.75) is 63.7 Å². The molecular weight excluding hydrogens is 232 g/mol. The van der Waals surface area contributed by atoms with Crippen molar-refractivity contribution in [3.63, 3.8) is 0 Å². The lowest BCUT2D eigenvalue weighted by Gasteiger charge is -2.30. The third-order valence-corrected chi connectivity index (χ3v) is 3.70. The molecule has 0 unspecified atom stereocenters. The molecule has 1 aliphatic rings. The summed E-state index contributed by atoms with van der Waals surface area (Å²) in [4.78, 5) is 10.9. The summed E-state index contributed by atoms with van der Waals surface area (Å²) in [7, 11) is 0. The van der Waals surface area contributed by atoms with E-state index in [0.29, 0.717) is 5.92 Å². The smallest absolute Gasteiger partial charge is 0.303 e. The number of hydrogen-bond donors (Lipinski definition) is 3. The van der Waals surface area contributed by atoms with Crippen LogP contribution in [0.3, 0.4) is 0 Å². The Bertz CT molecular complexity index is 255. The van der Waals surface area contributed by atoms with Crippen LogP contribution in [0.15, 0.2) is 0 Å². The minimum Gasteiger partial charge on any atom is -0.458 e. The molecule has 0 amide bonds. The Balaban J connectivity index is 2.42. The van der Waals surface area contributed by atoms with E-state index in [2.05, 4.69) is 0 Å². The number of rotatable bonds is 6. The monoisotopic (exact) mass is 258 g/mol. The third kappa shape index (κ3) is 4.92. The molecule has 5 nitrogen and oxygen atoms in total. The molecule has 0 aromatic heterocycles. The molecule has 3 atom stereocenters. The fraction of sp³-hybridized carbons (Fsp3) is 0.923. The van der Waals surface area contributed by atoms with Crippen LogP contribution < -0.4 is 11.5 Å². The summed E-state index contributed by atoms with van der Waals surface area (Å²) in [6.07, 6.45) is 5.37. The quantitative estimate of drug-likeness (QED) is 0.604. The van der Waals surface area contributed by atoms with E-state index >= 15 is 0 Å². The van der Waals surface area contributed by atoms with Gasteiger partial charge in [-0.2, -0.15) is 0 Å². The molecule has 0 saturated heterocycles. The Kier molecular flexibility index (Phi) is 6.60. The second kappa shape index (κ2) is 7.71. The molecule has 0 aromatic carbocycles. The molecule has 0 aromatic rings. The predicted octanol–water partition coefficient (Wildman–Crippen LogP) is 0.535. The minimum atomic E-state index is -0.874. The molecule has 0 spiro atoms. The van der Waals surface area contributed by atoms with E-state index in [-0.39, 0.29) is 12.6 Å². The van der Waals surface area contributed by atoms with Gasteiger partial charge >= 0.3 is 5.97 Å².